The second kappa shape index (κ2) is 15.4. The summed E-state index contributed by atoms with van der Waals surface area (Å²) < 4.78 is 37.3. The molecule has 0 unspecified atom stereocenters. The van der Waals surface area contributed by atoms with Crippen molar-refractivity contribution >= 4 is 28.0 Å². The summed E-state index contributed by atoms with van der Waals surface area (Å²) in [4.78, 5) is 30.0. The third kappa shape index (κ3) is 27.8. The number of hydrogen-bond acceptors (Lipinski definition) is 7. The molecule has 0 fully saturated rings. The Balaban J connectivity index is -0.000000311. The monoisotopic (exact) mass is 366 g/mol. The van der Waals surface area contributed by atoms with Gasteiger partial charge in [-0.2, -0.15) is 8.42 Å². The summed E-state index contributed by atoms with van der Waals surface area (Å²) in [5, 5.41) is 7.60. The fraction of sp³-hybridized carbons (Fsp3) is 0.357. The maximum Gasteiger partial charge on any atom is 0.333 e. The van der Waals surface area contributed by atoms with E-state index in [1.165, 1.54) is 6.92 Å². The number of ether oxygens (including phenoxy) is 2. The Morgan fingerprint density at radius 3 is 1.79 bits per heavy atom. The Bertz CT molecular complexity index is 547. The molecule has 0 aliphatic carbocycles. The van der Waals surface area contributed by atoms with Crippen molar-refractivity contribution in [3.63, 3.8) is 0 Å². The van der Waals surface area contributed by atoms with Crippen molar-refractivity contribution in [1.82, 2.24) is 0 Å². The van der Waals surface area contributed by atoms with Crippen LogP contribution in [-0.4, -0.2) is 55.0 Å². The van der Waals surface area contributed by atoms with Crippen molar-refractivity contribution in [2.45, 2.75) is 13.8 Å². The van der Waals surface area contributed by atoms with E-state index in [4.69, 9.17) is 9.66 Å². The number of esters is 2. The van der Waals surface area contributed by atoms with Crippen LogP contribution in [0.15, 0.2) is 37.5 Å². The summed E-state index contributed by atoms with van der Waals surface area (Å²) in [6.45, 7) is 12.7. The lowest BCUT2D eigenvalue weighted by Gasteiger charge is -2.01. The number of rotatable bonds is 7. The topological polar surface area (TPSA) is 144 Å². The van der Waals surface area contributed by atoms with E-state index >= 15 is 0 Å². The SMILES string of the molecule is C=C(C)C(=O)OCCS(=O)(=O)O.C=CC(=O)O.C=CC(=O)OCC. The molecule has 0 bridgehead atoms. The van der Waals surface area contributed by atoms with Crippen LogP contribution in [0.4, 0.5) is 0 Å². The van der Waals surface area contributed by atoms with Crippen LogP contribution in [0, 0.1) is 0 Å². The normalized spacial score (nSPS) is 8.96. The summed E-state index contributed by atoms with van der Waals surface area (Å²) in [6, 6.07) is 0. The van der Waals surface area contributed by atoms with E-state index in [1.807, 2.05) is 0 Å². The molecule has 0 saturated carbocycles. The molecule has 0 radical (unpaired) electrons. The van der Waals surface area contributed by atoms with Crippen LogP contribution < -0.4 is 0 Å². The Hall–Kier alpha value is -2.46. The fourth-order valence-corrected chi connectivity index (χ4v) is 0.858. The van der Waals surface area contributed by atoms with Gasteiger partial charge in [0.15, 0.2) is 0 Å². The Morgan fingerprint density at radius 2 is 1.58 bits per heavy atom. The van der Waals surface area contributed by atoms with Gasteiger partial charge in [0.25, 0.3) is 10.1 Å². The predicted octanol–water partition coefficient (Wildman–Crippen LogP) is 0.986. The van der Waals surface area contributed by atoms with E-state index in [1.54, 1.807) is 6.92 Å². The highest BCUT2D eigenvalue weighted by atomic mass is 32.2. The van der Waals surface area contributed by atoms with Crippen LogP contribution in [0.25, 0.3) is 0 Å². The number of carboxylic acids is 1. The molecule has 0 aromatic carbocycles. The highest BCUT2D eigenvalue weighted by molar-refractivity contribution is 7.85. The fourth-order valence-electron chi connectivity index (χ4n) is 0.564. The van der Waals surface area contributed by atoms with Crippen molar-refractivity contribution < 1.29 is 41.9 Å². The molecule has 0 aromatic heterocycles. The van der Waals surface area contributed by atoms with Gasteiger partial charge < -0.3 is 14.6 Å². The molecule has 0 spiro atoms. The molecule has 0 aromatic rings. The summed E-state index contributed by atoms with van der Waals surface area (Å²) >= 11 is 0. The first-order chi connectivity index (χ1) is 10.9. The van der Waals surface area contributed by atoms with E-state index in [0.717, 1.165) is 12.2 Å². The third-order valence-corrected chi connectivity index (χ3v) is 2.23. The molecule has 9 nitrogen and oxygen atoms in total. The van der Waals surface area contributed by atoms with Crippen LogP contribution in [0.3, 0.4) is 0 Å². The number of carbonyl (C=O) groups is 3. The molecule has 0 atom stereocenters. The van der Waals surface area contributed by atoms with Gasteiger partial charge >= 0.3 is 17.9 Å². The minimum Gasteiger partial charge on any atom is -0.478 e. The second-order valence-corrected chi connectivity index (χ2v) is 5.27. The van der Waals surface area contributed by atoms with Crippen molar-refractivity contribution in [2.75, 3.05) is 19.0 Å². The lowest BCUT2D eigenvalue weighted by molar-refractivity contribution is -0.138. The van der Waals surface area contributed by atoms with Crippen molar-refractivity contribution in [1.29, 1.82) is 0 Å². The Labute approximate surface area is 141 Å². The molecule has 0 rings (SSSR count). The van der Waals surface area contributed by atoms with E-state index in [-0.39, 0.29) is 18.1 Å². The lowest BCUT2D eigenvalue weighted by atomic mass is 10.4. The van der Waals surface area contributed by atoms with Gasteiger partial charge in [-0.3, -0.25) is 4.55 Å². The average Bonchev–Trinajstić information content (AvgIpc) is 2.47. The quantitative estimate of drug-likeness (QED) is 0.382. The molecule has 0 heterocycles. The average molecular weight is 366 g/mol. The van der Waals surface area contributed by atoms with Gasteiger partial charge in [0, 0.05) is 17.7 Å². The van der Waals surface area contributed by atoms with E-state index in [2.05, 4.69) is 29.2 Å². The molecule has 10 heteroatoms. The van der Waals surface area contributed by atoms with Gasteiger partial charge in [0.2, 0.25) is 0 Å². The van der Waals surface area contributed by atoms with Crippen LogP contribution in [0.2, 0.25) is 0 Å². The van der Waals surface area contributed by atoms with E-state index < -0.39 is 27.8 Å². The van der Waals surface area contributed by atoms with Gasteiger partial charge in [-0.05, 0) is 13.8 Å². The molecular formula is C14H22O9S. The third-order valence-electron chi connectivity index (χ3n) is 1.55. The maximum absolute atomic E-state index is 10.6. The molecule has 0 amide bonds. The smallest absolute Gasteiger partial charge is 0.333 e. The van der Waals surface area contributed by atoms with Crippen LogP contribution in [0.5, 0.6) is 0 Å². The largest absolute Gasteiger partial charge is 0.478 e. The zero-order chi connectivity index (χ0) is 19.8. The minimum absolute atomic E-state index is 0.185. The lowest BCUT2D eigenvalue weighted by Crippen LogP contribution is -2.14. The molecule has 0 saturated heterocycles. The Kier molecular flexibility index (Phi) is 17.0. The molecule has 2 N–H and O–H groups in total. The van der Waals surface area contributed by atoms with Crippen molar-refractivity contribution in [2.24, 2.45) is 0 Å². The molecule has 138 valence electrons. The van der Waals surface area contributed by atoms with Crippen LogP contribution in [-0.2, 0) is 34.0 Å². The van der Waals surface area contributed by atoms with Gasteiger partial charge in [-0.1, -0.05) is 19.7 Å². The van der Waals surface area contributed by atoms with Crippen LogP contribution in [0.1, 0.15) is 13.8 Å². The first kappa shape index (κ1) is 26.4. The predicted molar refractivity (Wildman–Crippen MR) is 86.9 cm³/mol. The zero-order valence-corrected chi connectivity index (χ0v) is 14.4. The highest BCUT2D eigenvalue weighted by Crippen LogP contribution is 1.92. The van der Waals surface area contributed by atoms with Gasteiger partial charge in [0.05, 0.1) is 6.61 Å². The van der Waals surface area contributed by atoms with Gasteiger partial charge in [-0.25, -0.2) is 14.4 Å². The van der Waals surface area contributed by atoms with E-state index in [0.29, 0.717) is 6.61 Å². The Morgan fingerprint density at radius 1 is 1.12 bits per heavy atom. The van der Waals surface area contributed by atoms with Gasteiger partial charge in [0.1, 0.15) is 12.4 Å². The summed E-state index contributed by atoms with van der Waals surface area (Å²) in [5.74, 6) is -2.60. The first-order valence-electron chi connectivity index (χ1n) is 6.33. The molecule has 0 aliphatic heterocycles. The van der Waals surface area contributed by atoms with Crippen LogP contribution >= 0.6 is 0 Å². The minimum atomic E-state index is -4.05. The summed E-state index contributed by atoms with van der Waals surface area (Å²) in [7, 11) is -4.05. The van der Waals surface area contributed by atoms with Gasteiger partial charge in [-0.15, -0.1) is 0 Å². The van der Waals surface area contributed by atoms with E-state index in [9.17, 15) is 22.8 Å². The maximum atomic E-state index is 10.6. The summed E-state index contributed by atoms with van der Waals surface area (Å²) in [5.41, 5.74) is 0.185. The number of carboxylic acid groups (broad SMARTS) is 1. The first-order valence-corrected chi connectivity index (χ1v) is 7.94. The summed E-state index contributed by atoms with van der Waals surface area (Å²) in [6.07, 6.45) is 1.98. The number of carbonyl (C=O) groups excluding carboxylic acids is 2. The van der Waals surface area contributed by atoms with Crippen molar-refractivity contribution in [3.8, 4) is 0 Å². The second-order valence-electron chi connectivity index (χ2n) is 3.70. The highest BCUT2D eigenvalue weighted by Gasteiger charge is 2.07. The standard InChI is InChI=1S/C6H10O5S.C5H8O2.C3H4O2/c1-5(2)6(7)11-3-4-12(8,9)10;1-3-5(6)7-4-2;1-2-3(4)5/h1,3-4H2,2H3,(H,8,9,10);3H,1,4H2,2H3;2H,1H2,(H,4,5). The number of hydrogen-bond donors (Lipinski definition) is 2. The van der Waals surface area contributed by atoms with Crippen molar-refractivity contribution in [3.05, 3.63) is 37.5 Å². The molecule has 24 heavy (non-hydrogen) atoms. The molecule has 0 aliphatic rings. The number of aliphatic carboxylic acids is 1. The zero-order valence-electron chi connectivity index (χ0n) is 13.6. The molecular weight excluding hydrogens is 344 g/mol.